The number of rotatable bonds is 4. The van der Waals surface area contributed by atoms with Crippen molar-refractivity contribution in [3.05, 3.63) is 0 Å². The predicted molar refractivity (Wildman–Crippen MR) is 63.8 cm³/mol. The zero-order valence-corrected chi connectivity index (χ0v) is 9.71. The summed E-state index contributed by atoms with van der Waals surface area (Å²) in [4.78, 5) is 4.54. The van der Waals surface area contributed by atoms with Crippen molar-refractivity contribution in [1.82, 2.24) is 5.32 Å². The third-order valence-electron chi connectivity index (χ3n) is 3.56. The number of nitrogens with two attached hydrogens (primary N) is 1. The summed E-state index contributed by atoms with van der Waals surface area (Å²) in [6, 6.07) is 1.12. The zero-order chi connectivity index (χ0) is 10.7. The van der Waals surface area contributed by atoms with Crippen LogP contribution in [0.5, 0.6) is 0 Å². The Morgan fingerprint density at radius 1 is 1.40 bits per heavy atom. The average molecular weight is 209 g/mol. The van der Waals surface area contributed by atoms with Gasteiger partial charge in [-0.2, -0.15) is 0 Å². The van der Waals surface area contributed by atoms with Gasteiger partial charge in [-0.3, -0.25) is 0 Å². The Hall–Kier alpha value is -0.730. The first kappa shape index (κ1) is 10.8. The fraction of sp³-hybridized carbons (Fsp3) is 0.917. The van der Waals surface area contributed by atoms with E-state index in [2.05, 4.69) is 17.2 Å². The lowest BCUT2D eigenvalue weighted by atomic mass is 10.2. The summed E-state index contributed by atoms with van der Waals surface area (Å²) in [6.07, 6.45) is 9.04. The number of hydrogen-bond acceptors (Lipinski definition) is 1. The Morgan fingerprint density at radius 2 is 2.13 bits per heavy atom. The maximum absolute atomic E-state index is 5.89. The van der Waals surface area contributed by atoms with Gasteiger partial charge < -0.3 is 11.1 Å². The van der Waals surface area contributed by atoms with Crippen LogP contribution in [-0.2, 0) is 0 Å². The summed E-state index contributed by atoms with van der Waals surface area (Å²) in [5.74, 6) is 1.50. The molecular formula is C12H23N3. The van der Waals surface area contributed by atoms with Gasteiger partial charge in [-0.25, -0.2) is 4.99 Å². The van der Waals surface area contributed by atoms with E-state index >= 15 is 0 Å². The van der Waals surface area contributed by atoms with Crippen molar-refractivity contribution in [2.45, 2.75) is 64.0 Å². The summed E-state index contributed by atoms with van der Waals surface area (Å²) in [6.45, 7) is 2.24. The second-order valence-corrected chi connectivity index (χ2v) is 4.99. The number of nitrogens with one attached hydrogen (secondary N) is 1. The highest BCUT2D eigenvalue weighted by molar-refractivity contribution is 5.78. The van der Waals surface area contributed by atoms with Gasteiger partial charge in [-0.05, 0) is 31.6 Å². The summed E-state index contributed by atoms with van der Waals surface area (Å²) in [5.41, 5.74) is 5.89. The molecule has 2 rings (SSSR count). The van der Waals surface area contributed by atoms with Crippen LogP contribution < -0.4 is 11.1 Å². The minimum absolute atomic E-state index is 0.527. The van der Waals surface area contributed by atoms with Crippen LogP contribution in [0.2, 0.25) is 0 Å². The minimum atomic E-state index is 0.527. The Balaban J connectivity index is 1.71. The molecule has 3 heteroatoms. The van der Waals surface area contributed by atoms with Gasteiger partial charge in [-0.1, -0.05) is 26.2 Å². The third-order valence-corrected chi connectivity index (χ3v) is 3.56. The molecule has 2 fully saturated rings. The quantitative estimate of drug-likeness (QED) is 0.550. The highest BCUT2D eigenvalue weighted by Gasteiger charge is 2.36. The number of hydrogen-bond donors (Lipinski definition) is 2. The Bertz CT molecular complexity index is 231. The summed E-state index contributed by atoms with van der Waals surface area (Å²) < 4.78 is 0. The van der Waals surface area contributed by atoms with Crippen LogP contribution in [0.3, 0.4) is 0 Å². The van der Waals surface area contributed by atoms with E-state index in [9.17, 15) is 0 Å². The fourth-order valence-electron chi connectivity index (χ4n) is 2.57. The lowest BCUT2D eigenvalue weighted by molar-refractivity contribution is 0.622. The number of nitrogens with zero attached hydrogens (tertiary/aromatic N) is 1. The lowest BCUT2D eigenvalue weighted by Gasteiger charge is -2.12. The van der Waals surface area contributed by atoms with Crippen LogP contribution in [0.1, 0.15) is 51.9 Å². The van der Waals surface area contributed by atoms with Crippen molar-refractivity contribution >= 4 is 5.96 Å². The van der Waals surface area contributed by atoms with Crippen LogP contribution in [0.15, 0.2) is 4.99 Å². The van der Waals surface area contributed by atoms with Crippen molar-refractivity contribution < 1.29 is 0 Å². The SMILES string of the molecule is CCCC1CC1N=C(N)NC1CCCC1. The molecule has 3 nitrogen and oxygen atoms in total. The molecule has 2 aliphatic carbocycles. The van der Waals surface area contributed by atoms with E-state index in [4.69, 9.17) is 5.73 Å². The number of aliphatic imine (C=N–C) groups is 1. The lowest BCUT2D eigenvalue weighted by Crippen LogP contribution is -2.38. The molecular weight excluding hydrogens is 186 g/mol. The molecule has 3 N–H and O–H groups in total. The number of guanidine groups is 1. The van der Waals surface area contributed by atoms with Crippen molar-refractivity contribution in [2.75, 3.05) is 0 Å². The molecule has 0 spiro atoms. The second-order valence-electron chi connectivity index (χ2n) is 4.99. The highest BCUT2D eigenvalue weighted by Crippen LogP contribution is 2.37. The monoisotopic (exact) mass is 209 g/mol. The Morgan fingerprint density at radius 3 is 2.80 bits per heavy atom. The molecule has 2 unspecified atom stereocenters. The van der Waals surface area contributed by atoms with E-state index in [1.54, 1.807) is 0 Å². The van der Waals surface area contributed by atoms with E-state index in [0.29, 0.717) is 18.0 Å². The van der Waals surface area contributed by atoms with Crippen molar-refractivity contribution in [3.63, 3.8) is 0 Å². The highest BCUT2D eigenvalue weighted by atomic mass is 15.1. The fourth-order valence-corrected chi connectivity index (χ4v) is 2.57. The van der Waals surface area contributed by atoms with E-state index < -0.39 is 0 Å². The topological polar surface area (TPSA) is 50.4 Å². The molecule has 0 amide bonds. The standard InChI is InChI=1S/C12H23N3/c1-2-5-9-8-11(9)15-12(13)14-10-6-3-4-7-10/h9-11H,2-8H2,1H3,(H3,13,14,15). The van der Waals surface area contributed by atoms with E-state index in [0.717, 1.165) is 5.92 Å². The summed E-state index contributed by atoms with van der Waals surface area (Å²) >= 11 is 0. The smallest absolute Gasteiger partial charge is 0.189 e. The Labute approximate surface area is 92.5 Å². The molecule has 0 aliphatic heterocycles. The first-order valence-electron chi connectivity index (χ1n) is 6.39. The molecule has 0 aromatic heterocycles. The predicted octanol–water partition coefficient (Wildman–Crippen LogP) is 2.02. The van der Waals surface area contributed by atoms with E-state index in [1.165, 1.54) is 44.9 Å². The largest absolute Gasteiger partial charge is 0.370 e. The van der Waals surface area contributed by atoms with Crippen LogP contribution >= 0.6 is 0 Å². The molecule has 2 saturated carbocycles. The van der Waals surface area contributed by atoms with Gasteiger partial charge in [0.05, 0.1) is 6.04 Å². The van der Waals surface area contributed by atoms with Crippen molar-refractivity contribution in [1.29, 1.82) is 0 Å². The van der Waals surface area contributed by atoms with Crippen LogP contribution in [0.25, 0.3) is 0 Å². The van der Waals surface area contributed by atoms with Crippen molar-refractivity contribution in [2.24, 2.45) is 16.6 Å². The van der Waals surface area contributed by atoms with Crippen LogP contribution in [-0.4, -0.2) is 18.0 Å². The maximum atomic E-state index is 5.89. The van der Waals surface area contributed by atoms with Gasteiger partial charge in [0.1, 0.15) is 0 Å². The van der Waals surface area contributed by atoms with E-state index in [1.807, 2.05) is 0 Å². The van der Waals surface area contributed by atoms with Gasteiger partial charge >= 0.3 is 0 Å². The maximum Gasteiger partial charge on any atom is 0.189 e. The first-order valence-corrected chi connectivity index (χ1v) is 6.39. The molecule has 0 aromatic carbocycles. The average Bonchev–Trinajstić information content (AvgIpc) is 2.73. The molecule has 2 aliphatic rings. The minimum Gasteiger partial charge on any atom is -0.370 e. The van der Waals surface area contributed by atoms with Crippen molar-refractivity contribution in [3.8, 4) is 0 Å². The van der Waals surface area contributed by atoms with Crippen LogP contribution in [0.4, 0.5) is 0 Å². The zero-order valence-electron chi connectivity index (χ0n) is 9.71. The second kappa shape index (κ2) is 4.86. The van der Waals surface area contributed by atoms with Gasteiger partial charge in [0.2, 0.25) is 0 Å². The molecule has 2 atom stereocenters. The third kappa shape index (κ3) is 3.11. The van der Waals surface area contributed by atoms with Gasteiger partial charge in [0, 0.05) is 6.04 Å². The molecule has 0 bridgehead atoms. The Kier molecular flexibility index (Phi) is 3.49. The van der Waals surface area contributed by atoms with Gasteiger partial charge in [-0.15, -0.1) is 0 Å². The normalized spacial score (nSPS) is 31.9. The van der Waals surface area contributed by atoms with Gasteiger partial charge in [0.25, 0.3) is 0 Å². The molecule has 0 aromatic rings. The molecule has 0 radical (unpaired) electrons. The first-order chi connectivity index (χ1) is 7.29. The molecule has 15 heavy (non-hydrogen) atoms. The van der Waals surface area contributed by atoms with Gasteiger partial charge in [0.15, 0.2) is 5.96 Å². The molecule has 86 valence electrons. The van der Waals surface area contributed by atoms with Crippen LogP contribution in [0, 0.1) is 5.92 Å². The molecule has 0 heterocycles. The summed E-state index contributed by atoms with van der Waals surface area (Å²) in [7, 11) is 0. The molecule has 0 saturated heterocycles. The van der Waals surface area contributed by atoms with E-state index in [-0.39, 0.29) is 0 Å². The summed E-state index contributed by atoms with van der Waals surface area (Å²) in [5, 5.41) is 3.34.